The minimum absolute atomic E-state index is 0.0491. The number of thioether (sulfide) groups is 1. The fourth-order valence-electron chi connectivity index (χ4n) is 2.25. The van der Waals surface area contributed by atoms with E-state index in [-0.39, 0.29) is 5.56 Å². The first-order valence-corrected chi connectivity index (χ1v) is 9.05. The largest absolute Gasteiger partial charge is 0.301 e. The molecule has 2 heterocycles. The molecule has 5 heteroatoms. The lowest BCUT2D eigenvalue weighted by atomic mass is 10.0. The van der Waals surface area contributed by atoms with Gasteiger partial charge in [0.05, 0.1) is 5.39 Å². The van der Waals surface area contributed by atoms with Crippen molar-refractivity contribution in [3.8, 4) is 0 Å². The maximum Gasteiger partial charge on any atom is 0.260 e. The Morgan fingerprint density at radius 2 is 2.00 bits per heavy atom. The topological polar surface area (TPSA) is 45.8 Å². The van der Waals surface area contributed by atoms with Crippen molar-refractivity contribution in [1.82, 2.24) is 9.97 Å². The van der Waals surface area contributed by atoms with Crippen LogP contribution in [0, 0.1) is 6.92 Å². The second kappa shape index (κ2) is 6.26. The van der Waals surface area contributed by atoms with Crippen LogP contribution in [-0.2, 0) is 5.75 Å². The van der Waals surface area contributed by atoms with Crippen molar-refractivity contribution in [2.24, 2.45) is 0 Å². The van der Waals surface area contributed by atoms with Crippen LogP contribution in [0.3, 0.4) is 0 Å². The van der Waals surface area contributed by atoms with Crippen molar-refractivity contribution in [1.29, 1.82) is 0 Å². The molecule has 3 aromatic rings. The smallest absolute Gasteiger partial charge is 0.260 e. The van der Waals surface area contributed by atoms with Crippen molar-refractivity contribution in [3.05, 3.63) is 56.7 Å². The van der Waals surface area contributed by atoms with Gasteiger partial charge in [0.15, 0.2) is 5.16 Å². The van der Waals surface area contributed by atoms with Gasteiger partial charge in [-0.15, -0.1) is 11.3 Å². The normalized spacial score (nSPS) is 11.5. The summed E-state index contributed by atoms with van der Waals surface area (Å²) in [5.74, 6) is 1.35. The Bertz CT molecular complexity index is 847. The van der Waals surface area contributed by atoms with E-state index < -0.39 is 0 Å². The molecule has 2 aromatic heterocycles. The molecular weight excluding hydrogens is 312 g/mol. The number of H-pyrrole nitrogens is 1. The Morgan fingerprint density at radius 3 is 2.68 bits per heavy atom. The van der Waals surface area contributed by atoms with Crippen LogP contribution in [0.25, 0.3) is 10.2 Å². The third-order valence-corrected chi connectivity index (χ3v) is 5.41. The average Bonchev–Trinajstić information content (AvgIpc) is 2.86. The zero-order valence-corrected chi connectivity index (χ0v) is 14.5. The van der Waals surface area contributed by atoms with Gasteiger partial charge in [0.25, 0.3) is 5.56 Å². The van der Waals surface area contributed by atoms with Crippen LogP contribution in [0.5, 0.6) is 0 Å². The number of aromatic amines is 1. The number of fused-ring (bicyclic) bond motifs is 1. The number of hydrogen-bond acceptors (Lipinski definition) is 4. The number of aromatic nitrogens is 2. The molecule has 0 radical (unpaired) electrons. The molecule has 1 N–H and O–H groups in total. The van der Waals surface area contributed by atoms with Crippen molar-refractivity contribution < 1.29 is 0 Å². The average molecular weight is 330 g/mol. The number of thiophene rings is 1. The second-order valence-electron chi connectivity index (χ2n) is 5.63. The third kappa shape index (κ3) is 3.25. The highest BCUT2D eigenvalue weighted by molar-refractivity contribution is 7.98. The fourth-order valence-corrected chi connectivity index (χ4v) is 4.01. The van der Waals surface area contributed by atoms with Crippen molar-refractivity contribution in [2.75, 3.05) is 0 Å². The van der Waals surface area contributed by atoms with E-state index in [1.165, 1.54) is 11.1 Å². The van der Waals surface area contributed by atoms with Crippen molar-refractivity contribution in [3.63, 3.8) is 0 Å². The highest BCUT2D eigenvalue weighted by Gasteiger charge is 2.08. The van der Waals surface area contributed by atoms with Crippen molar-refractivity contribution in [2.45, 2.75) is 37.6 Å². The lowest BCUT2D eigenvalue weighted by molar-refractivity contribution is 0.866. The first-order chi connectivity index (χ1) is 10.5. The standard InChI is InChI=1S/C17H18N2OS2/c1-10(2)13-6-4-12(5-7-13)9-21-17-18-15(20)14-8-11(3)22-16(14)19-17/h4-8,10H,9H2,1-3H3,(H,18,19,20). The molecule has 0 aliphatic rings. The van der Waals surface area contributed by atoms with Gasteiger partial charge >= 0.3 is 0 Å². The molecule has 0 aliphatic carbocycles. The van der Waals surface area contributed by atoms with Gasteiger partial charge in [-0.2, -0.15) is 0 Å². The molecule has 0 bridgehead atoms. The van der Waals surface area contributed by atoms with Crippen LogP contribution >= 0.6 is 23.1 Å². The molecule has 1 aromatic carbocycles. The van der Waals surface area contributed by atoms with E-state index in [9.17, 15) is 4.79 Å². The summed E-state index contributed by atoms with van der Waals surface area (Å²) in [6, 6.07) is 10.5. The molecule has 0 aliphatic heterocycles. The molecule has 0 unspecified atom stereocenters. The fraction of sp³-hybridized carbons (Fsp3) is 0.294. The summed E-state index contributed by atoms with van der Waals surface area (Å²) in [6.07, 6.45) is 0. The highest BCUT2D eigenvalue weighted by atomic mass is 32.2. The lowest BCUT2D eigenvalue weighted by Gasteiger charge is -2.06. The summed E-state index contributed by atoms with van der Waals surface area (Å²) in [6.45, 7) is 6.38. The minimum Gasteiger partial charge on any atom is -0.301 e. The van der Waals surface area contributed by atoms with Crippen LogP contribution < -0.4 is 5.56 Å². The maximum atomic E-state index is 12.0. The van der Waals surface area contributed by atoms with Gasteiger partial charge in [0, 0.05) is 10.6 Å². The molecule has 114 valence electrons. The van der Waals surface area contributed by atoms with Crippen LogP contribution in [-0.4, -0.2) is 9.97 Å². The van der Waals surface area contributed by atoms with E-state index in [0.717, 1.165) is 15.5 Å². The van der Waals surface area contributed by atoms with Crippen LogP contribution in [0.15, 0.2) is 40.3 Å². The zero-order chi connectivity index (χ0) is 15.7. The van der Waals surface area contributed by atoms with Gasteiger partial charge in [-0.25, -0.2) is 4.98 Å². The summed E-state index contributed by atoms with van der Waals surface area (Å²) >= 11 is 3.13. The molecular formula is C17H18N2OS2. The molecule has 0 saturated heterocycles. The molecule has 0 saturated carbocycles. The van der Waals surface area contributed by atoms with E-state index >= 15 is 0 Å². The van der Waals surface area contributed by atoms with Crippen molar-refractivity contribution >= 4 is 33.3 Å². The van der Waals surface area contributed by atoms with E-state index in [2.05, 4.69) is 48.1 Å². The van der Waals surface area contributed by atoms with Crippen LogP contribution in [0.1, 0.15) is 35.8 Å². The quantitative estimate of drug-likeness (QED) is 0.556. The Hall–Kier alpha value is -1.59. The molecule has 3 rings (SSSR count). The molecule has 3 nitrogen and oxygen atoms in total. The number of rotatable bonds is 4. The summed E-state index contributed by atoms with van der Waals surface area (Å²) in [7, 11) is 0. The number of nitrogens with zero attached hydrogens (tertiary/aromatic N) is 1. The summed E-state index contributed by atoms with van der Waals surface area (Å²) in [5, 5.41) is 1.38. The molecule has 0 spiro atoms. The van der Waals surface area contributed by atoms with Crippen LogP contribution in [0.2, 0.25) is 0 Å². The Labute approximate surface area is 137 Å². The Balaban J connectivity index is 1.77. The number of aryl methyl sites for hydroxylation is 1. The monoisotopic (exact) mass is 330 g/mol. The van der Waals surface area contributed by atoms with Gasteiger partial charge in [0.1, 0.15) is 4.83 Å². The van der Waals surface area contributed by atoms with Crippen LogP contribution in [0.4, 0.5) is 0 Å². The van der Waals surface area contributed by atoms with E-state index in [1.54, 1.807) is 23.1 Å². The molecule has 0 amide bonds. The zero-order valence-electron chi connectivity index (χ0n) is 12.8. The molecule has 0 atom stereocenters. The van der Waals surface area contributed by atoms with Gasteiger partial charge < -0.3 is 4.98 Å². The molecule has 22 heavy (non-hydrogen) atoms. The SMILES string of the molecule is Cc1cc2c(=O)[nH]c(SCc3ccc(C(C)C)cc3)nc2s1. The minimum atomic E-state index is -0.0491. The van der Waals surface area contributed by atoms with Gasteiger partial charge in [-0.3, -0.25) is 4.79 Å². The first kappa shape index (κ1) is 15.3. The maximum absolute atomic E-state index is 12.0. The van der Waals surface area contributed by atoms with E-state index in [1.807, 2.05) is 13.0 Å². The lowest BCUT2D eigenvalue weighted by Crippen LogP contribution is -2.07. The van der Waals surface area contributed by atoms with Gasteiger partial charge in [-0.05, 0) is 30.0 Å². The van der Waals surface area contributed by atoms with Gasteiger partial charge in [-0.1, -0.05) is 49.9 Å². The Morgan fingerprint density at radius 1 is 1.27 bits per heavy atom. The summed E-state index contributed by atoms with van der Waals surface area (Å²) in [5.41, 5.74) is 2.53. The van der Waals surface area contributed by atoms with E-state index in [4.69, 9.17) is 0 Å². The number of benzene rings is 1. The first-order valence-electron chi connectivity index (χ1n) is 7.25. The number of hydrogen-bond donors (Lipinski definition) is 1. The number of nitrogens with one attached hydrogen (secondary N) is 1. The summed E-state index contributed by atoms with van der Waals surface area (Å²) < 4.78 is 0. The predicted molar refractivity (Wildman–Crippen MR) is 95.1 cm³/mol. The second-order valence-corrected chi connectivity index (χ2v) is 7.83. The highest BCUT2D eigenvalue weighted by Crippen LogP contribution is 2.25. The van der Waals surface area contributed by atoms with Gasteiger partial charge in [0.2, 0.25) is 0 Å². The third-order valence-electron chi connectivity index (χ3n) is 3.53. The predicted octanol–water partition coefficient (Wildman–Crippen LogP) is 4.71. The van der Waals surface area contributed by atoms with E-state index in [0.29, 0.717) is 16.5 Å². The molecule has 0 fully saturated rings. The summed E-state index contributed by atoms with van der Waals surface area (Å²) in [4.78, 5) is 21.4. The Kier molecular flexibility index (Phi) is 4.36.